The minimum atomic E-state index is -0.0957. The standard InChI is InChI=1S/C15H19N3O3/c1-17(9-12-8-16-18(2)10-12)15(19)11-21-14-6-4-5-13(7-14)20-3/h4-8,10H,9,11H2,1-3H3. The maximum Gasteiger partial charge on any atom is 0.260 e. The molecule has 2 aromatic rings. The van der Waals surface area contributed by atoms with Crippen LogP contribution in [-0.2, 0) is 18.4 Å². The van der Waals surface area contributed by atoms with Crippen LogP contribution in [0.4, 0.5) is 0 Å². The average Bonchev–Trinajstić information content (AvgIpc) is 2.90. The highest BCUT2D eigenvalue weighted by molar-refractivity contribution is 5.77. The first-order chi connectivity index (χ1) is 10.1. The summed E-state index contributed by atoms with van der Waals surface area (Å²) in [5, 5.41) is 4.08. The summed E-state index contributed by atoms with van der Waals surface area (Å²) in [5.74, 6) is 1.21. The van der Waals surface area contributed by atoms with E-state index in [0.717, 1.165) is 5.56 Å². The summed E-state index contributed by atoms with van der Waals surface area (Å²) < 4.78 is 12.3. The number of amides is 1. The topological polar surface area (TPSA) is 56.6 Å². The SMILES string of the molecule is COc1cccc(OCC(=O)N(C)Cc2cnn(C)c2)c1. The van der Waals surface area contributed by atoms with E-state index in [0.29, 0.717) is 18.0 Å². The third kappa shape index (κ3) is 4.24. The Hall–Kier alpha value is -2.50. The van der Waals surface area contributed by atoms with Crippen molar-refractivity contribution in [3.05, 3.63) is 42.2 Å². The van der Waals surface area contributed by atoms with Crippen LogP contribution in [0.2, 0.25) is 0 Å². The predicted octanol–water partition coefficient (Wildman–Crippen LogP) is 1.47. The van der Waals surface area contributed by atoms with Gasteiger partial charge in [0.25, 0.3) is 5.91 Å². The highest BCUT2D eigenvalue weighted by atomic mass is 16.5. The molecule has 0 spiro atoms. The number of aromatic nitrogens is 2. The number of aryl methyl sites for hydroxylation is 1. The lowest BCUT2D eigenvalue weighted by atomic mass is 10.3. The molecule has 0 atom stereocenters. The van der Waals surface area contributed by atoms with Crippen LogP contribution in [0.25, 0.3) is 0 Å². The number of benzene rings is 1. The molecule has 1 aromatic heterocycles. The van der Waals surface area contributed by atoms with Crippen molar-refractivity contribution < 1.29 is 14.3 Å². The quantitative estimate of drug-likeness (QED) is 0.808. The number of carbonyl (C=O) groups is 1. The smallest absolute Gasteiger partial charge is 0.260 e. The van der Waals surface area contributed by atoms with Gasteiger partial charge in [-0.25, -0.2) is 0 Å². The number of hydrogen-bond donors (Lipinski definition) is 0. The van der Waals surface area contributed by atoms with Gasteiger partial charge in [-0.05, 0) is 12.1 Å². The Morgan fingerprint density at radius 2 is 2.14 bits per heavy atom. The van der Waals surface area contributed by atoms with Gasteiger partial charge in [-0.3, -0.25) is 9.48 Å². The fourth-order valence-corrected chi connectivity index (χ4v) is 1.86. The zero-order valence-electron chi connectivity index (χ0n) is 12.4. The van der Waals surface area contributed by atoms with Gasteiger partial charge >= 0.3 is 0 Å². The summed E-state index contributed by atoms with van der Waals surface area (Å²) in [4.78, 5) is 13.6. The second-order valence-electron chi connectivity index (χ2n) is 4.74. The maximum atomic E-state index is 12.0. The molecule has 0 aliphatic rings. The Balaban J connectivity index is 1.85. The number of methoxy groups -OCH3 is 1. The summed E-state index contributed by atoms with van der Waals surface area (Å²) in [6.07, 6.45) is 3.62. The first kappa shape index (κ1) is 14.9. The number of hydrogen-bond acceptors (Lipinski definition) is 4. The van der Waals surface area contributed by atoms with Crippen LogP contribution in [0.3, 0.4) is 0 Å². The largest absolute Gasteiger partial charge is 0.497 e. The fourth-order valence-electron chi connectivity index (χ4n) is 1.86. The van der Waals surface area contributed by atoms with Crippen molar-refractivity contribution in [1.29, 1.82) is 0 Å². The van der Waals surface area contributed by atoms with E-state index in [2.05, 4.69) is 5.10 Å². The molecule has 0 radical (unpaired) electrons. The number of ether oxygens (including phenoxy) is 2. The lowest BCUT2D eigenvalue weighted by molar-refractivity contribution is -0.132. The van der Waals surface area contributed by atoms with Crippen LogP contribution >= 0.6 is 0 Å². The fraction of sp³-hybridized carbons (Fsp3) is 0.333. The van der Waals surface area contributed by atoms with Gasteiger partial charge in [-0.1, -0.05) is 6.07 Å². The molecular formula is C15H19N3O3. The predicted molar refractivity (Wildman–Crippen MR) is 78.2 cm³/mol. The van der Waals surface area contributed by atoms with Gasteiger partial charge < -0.3 is 14.4 Å². The summed E-state index contributed by atoms with van der Waals surface area (Å²) >= 11 is 0. The number of rotatable bonds is 6. The molecule has 0 saturated heterocycles. The van der Waals surface area contributed by atoms with Crippen LogP contribution in [0.5, 0.6) is 11.5 Å². The van der Waals surface area contributed by atoms with Crippen molar-refractivity contribution in [2.24, 2.45) is 7.05 Å². The number of likely N-dealkylation sites (N-methyl/N-ethyl adjacent to an activating group) is 1. The average molecular weight is 289 g/mol. The van der Waals surface area contributed by atoms with Crippen molar-refractivity contribution in [3.63, 3.8) is 0 Å². The molecule has 0 N–H and O–H groups in total. The molecule has 6 heteroatoms. The molecular weight excluding hydrogens is 270 g/mol. The zero-order valence-corrected chi connectivity index (χ0v) is 12.4. The Labute approximate surface area is 123 Å². The number of nitrogens with zero attached hydrogens (tertiary/aromatic N) is 3. The molecule has 21 heavy (non-hydrogen) atoms. The maximum absolute atomic E-state index is 12.0. The van der Waals surface area contributed by atoms with E-state index >= 15 is 0 Å². The van der Waals surface area contributed by atoms with Gasteiger partial charge in [0.15, 0.2) is 6.61 Å². The Bertz CT molecular complexity index is 610. The normalized spacial score (nSPS) is 10.2. The monoisotopic (exact) mass is 289 g/mol. The van der Waals surface area contributed by atoms with Gasteiger partial charge in [0.1, 0.15) is 11.5 Å². The zero-order chi connectivity index (χ0) is 15.2. The van der Waals surface area contributed by atoms with E-state index in [4.69, 9.17) is 9.47 Å². The van der Waals surface area contributed by atoms with Crippen LogP contribution in [0, 0.1) is 0 Å². The summed E-state index contributed by atoms with van der Waals surface area (Å²) in [5.41, 5.74) is 0.981. The van der Waals surface area contributed by atoms with Gasteiger partial charge in [0.2, 0.25) is 0 Å². The Morgan fingerprint density at radius 1 is 1.38 bits per heavy atom. The molecule has 0 unspecified atom stereocenters. The lowest BCUT2D eigenvalue weighted by Crippen LogP contribution is -2.30. The second-order valence-corrected chi connectivity index (χ2v) is 4.74. The highest BCUT2D eigenvalue weighted by Gasteiger charge is 2.11. The van der Waals surface area contributed by atoms with Gasteiger partial charge in [0.05, 0.1) is 13.3 Å². The van der Waals surface area contributed by atoms with E-state index in [1.807, 2.05) is 25.4 Å². The van der Waals surface area contributed by atoms with Gasteiger partial charge in [0, 0.05) is 38.5 Å². The van der Waals surface area contributed by atoms with Crippen LogP contribution in [-0.4, -0.2) is 41.4 Å². The lowest BCUT2D eigenvalue weighted by Gasteiger charge is -2.16. The molecule has 0 aliphatic heterocycles. The van der Waals surface area contributed by atoms with Crippen molar-refractivity contribution in [3.8, 4) is 11.5 Å². The summed E-state index contributed by atoms with van der Waals surface area (Å²) in [7, 11) is 5.17. The molecule has 0 aliphatic carbocycles. The van der Waals surface area contributed by atoms with E-state index in [1.54, 1.807) is 42.1 Å². The van der Waals surface area contributed by atoms with Crippen molar-refractivity contribution in [2.45, 2.75) is 6.54 Å². The molecule has 0 bridgehead atoms. The van der Waals surface area contributed by atoms with E-state index in [-0.39, 0.29) is 12.5 Å². The Morgan fingerprint density at radius 3 is 2.81 bits per heavy atom. The molecule has 2 rings (SSSR count). The van der Waals surface area contributed by atoms with E-state index in [1.165, 1.54) is 0 Å². The van der Waals surface area contributed by atoms with Crippen LogP contribution in [0.1, 0.15) is 5.56 Å². The molecule has 0 fully saturated rings. The molecule has 112 valence electrons. The van der Waals surface area contributed by atoms with E-state index in [9.17, 15) is 4.79 Å². The van der Waals surface area contributed by atoms with Crippen molar-refractivity contribution in [2.75, 3.05) is 20.8 Å². The van der Waals surface area contributed by atoms with Crippen LogP contribution < -0.4 is 9.47 Å². The van der Waals surface area contributed by atoms with Gasteiger partial charge in [-0.2, -0.15) is 5.10 Å². The van der Waals surface area contributed by atoms with Crippen LogP contribution in [0.15, 0.2) is 36.7 Å². The van der Waals surface area contributed by atoms with Crippen molar-refractivity contribution >= 4 is 5.91 Å². The summed E-state index contributed by atoms with van der Waals surface area (Å²) in [6, 6.07) is 7.17. The molecule has 1 amide bonds. The molecule has 0 saturated carbocycles. The molecule has 1 aromatic carbocycles. The number of carbonyl (C=O) groups excluding carboxylic acids is 1. The molecule has 1 heterocycles. The first-order valence-electron chi connectivity index (χ1n) is 6.57. The minimum Gasteiger partial charge on any atom is -0.497 e. The Kier molecular flexibility index (Phi) is 4.81. The third-order valence-electron chi connectivity index (χ3n) is 3.01. The minimum absolute atomic E-state index is 0.00999. The van der Waals surface area contributed by atoms with Gasteiger partial charge in [-0.15, -0.1) is 0 Å². The second kappa shape index (κ2) is 6.78. The first-order valence-corrected chi connectivity index (χ1v) is 6.57. The highest BCUT2D eigenvalue weighted by Crippen LogP contribution is 2.18. The third-order valence-corrected chi connectivity index (χ3v) is 3.01. The van der Waals surface area contributed by atoms with Crippen molar-refractivity contribution in [1.82, 2.24) is 14.7 Å². The molecule has 6 nitrogen and oxygen atoms in total. The summed E-state index contributed by atoms with van der Waals surface area (Å²) in [6.45, 7) is 0.498. The van der Waals surface area contributed by atoms with E-state index < -0.39 is 0 Å².